The average Bonchev–Trinajstić information content (AvgIpc) is 3.01. The number of sulfonamides is 1. The first-order valence-corrected chi connectivity index (χ1v) is 15.5. The third-order valence-corrected chi connectivity index (χ3v) is 8.61. The highest BCUT2D eigenvalue weighted by atomic mass is 32.2. The third kappa shape index (κ3) is 8.35. The lowest BCUT2D eigenvalue weighted by Crippen LogP contribution is -2.24. The predicted molar refractivity (Wildman–Crippen MR) is 164 cm³/mol. The third-order valence-electron chi connectivity index (χ3n) is 7.19. The Bertz CT molecular complexity index is 1810. The van der Waals surface area contributed by atoms with E-state index < -0.39 is 15.8 Å². The van der Waals surface area contributed by atoms with Crippen molar-refractivity contribution in [2.24, 2.45) is 0 Å². The van der Waals surface area contributed by atoms with Crippen LogP contribution in [0, 0.1) is 17.5 Å². The summed E-state index contributed by atoms with van der Waals surface area (Å²) in [4.78, 5) is -0.268. The lowest BCUT2D eigenvalue weighted by atomic mass is 9.98. The van der Waals surface area contributed by atoms with Crippen molar-refractivity contribution < 1.29 is 26.7 Å². The van der Waals surface area contributed by atoms with Crippen LogP contribution in [0.2, 0.25) is 0 Å². The lowest BCUT2D eigenvalue weighted by Gasteiger charge is -2.15. The summed E-state index contributed by atoms with van der Waals surface area (Å²) in [5.74, 6) is -1.44. The Labute approximate surface area is 255 Å². The maximum atomic E-state index is 13.5. The molecule has 0 aromatic heterocycles. The van der Waals surface area contributed by atoms with Crippen LogP contribution in [-0.4, -0.2) is 13.5 Å². The van der Waals surface area contributed by atoms with Gasteiger partial charge in [-0.15, -0.1) is 0 Å². The maximum absolute atomic E-state index is 13.5. The fourth-order valence-corrected chi connectivity index (χ4v) is 6.02. The van der Waals surface area contributed by atoms with Crippen LogP contribution in [0.5, 0.6) is 5.75 Å². The summed E-state index contributed by atoms with van der Waals surface area (Å²) < 4.78 is 69.6. The van der Waals surface area contributed by atoms with Crippen LogP contribution in [0.4, 0.5) is 13.2 Å². The molecule has 3 N–H and O–H groups in total. The van der Waals surface area contributed by atoms with E-state index in [1.54, 1.807) is 42.5 Å². The molecule has 0 saturated heterocycles. The van der Waals surface area contributed by atoms with Crippen molar-refractivity contribution in [1.29, 1.82) is 0 Å². The van der Waals surface area contributed by atoms with Crippen molar-refractivity contribution in [3.63, 3.8) is 0 Å². The number of hydrogen-bond donors (Lipinski definition) is 3. The van der Waals surface area contributed by atoms with Gasteiger partial charge in [-0.2, -0.15) is 0 Å². The van der Waals surface area contributed by atoms with Crippen molar-refractivity contribution in [1.82, 2.24) is 10.0 Å². The van der Waals surface area contributed by atoms with Gasteiger partial charge < -0.3 is 10.4 Å². The SMILES string of the molecule is O=S(=O)(NCc1ccc(CNCc2ccc(F)cc2)cc1)c1cc(Cc2ccc(F)cc2)cc(Cc2ccc(F)cc2)c1O. The zero-order valence-corrected chi connectivity index (χ0v) is 24.6. The largest absolute Gasteiger partial charge is 0.506 e. The highest BCUT2D eigenvalue weighted by molar-refractivity contribution is 7.89. The number of benzene rings is 5. The van der Waals surface area contributed by atoms with Crippen molar-refractivity contribution in [3.05, 3.63) is 166 Å². The highest BCUT2D eigenvalue weighted by Gasteiger charge is 2.22. The molecule has 0 bridgehead atoms. The molecule has 0 heterocycles. The van der Waals surface area contributed by atoms with Crippen molar-refractivity contribution in [3.8, 4) is 5.75 Å². The summed E-state index contributed by atoms with van der Waals surface area (Å²) in [5.41, 5.74) is 5.14. The summed E-state index contributed by atoms with van der Waals surface area (Å²) in [6, 6.07) is 28.5. The van der Waals surface area contributed by atoms with Gasteiger partial charge in [0.1, 0.15) is 28.1 Å². The zero-order chi connectivity index (χ0) is 31.1. The Morgan fingerprint density at radius 3 is 1.43 bits per heavy atom. The number of hydrogen-bond acceptors (Lipinski definition) is 4. The molecule has 0 spiro atoms. The van der Waals surface area contributed by atoms with Gasteiger partial charge in [0, 0.05) is 26.1 Å². The molecule has 0 unspecified atom stereocenters. The molecular formula is C35H31F3N2O3S. The number of aromatic hydroxyl groups is 1. The van der Waals surface area contributed by atoms with E-state index in [-0.39, 0.29) is 35.2 Å². The van der Waals surface area contributed by atoms with E-state index in [1.807, 2.05) is 24.3 Å². The van der Waals surface area contributed by atoms with E-state index >= 15 is 0 Å². The molecule has 5 aromatic carbocycles. The quantitative estimate of drug-likeness (QED) is 0.145. The first-order valence-electron chi connectivity index (χ1n) is 14.0. The van der Waals surface area contributed by atoms with Crippen LogP contribution in [0.15, 0.2) is 114 Å². The van der Waals surface area contributed by atoms with Crippen LogP contribution >= 0.6 is 0 Å². The van der Waals surface area contributed by atoms with Gasteiger partial charge >= 0.3 is 0 Å². The topological polar surface area (TPSA) is 78.4 Å². The molecule has 0 saturated carbocycles. The van der Waals surface area contributed by atoms with E-state index in [0.717, 1.165) is 22.3 Å². The molecule has 0 aliphatic heterocycles. The predicted octanol–water partition coefficient (Wildman–Crippen LogP) is 6.76. The molecule has 44 heavy (non-hydrogen) atoms. The Kier molecular flexibility index (Phi) is 9.79. The number of phenolic OH excluding ortho intramolecular Hbond substituents is 1. The van der Waals surface area contributed by atoms with Crippen LogP contribution in [0.25, 0.3) is 0 Å². The van der Waals surface area contributed by atoms with Crippen LogP contribution in [-0.2, 0) is 42.5 Å². The van der Waals surface area contributed by atoms with Crippen molar-refractivity contribution in [2.75, 3.05) is 0 Å². The molecule has 5 nitrogen and oxygen atoms in total. The second kappa shape index (κ2) is 13.9. The summed E-state index contributed by atoms with van der Waals surface area (Å²) in [7, 11) is -4.15. The fraction of sp³-hybridized carbons (Fsp3) is 0.143. The molecule has 0 aliphatic carbocycles. The number of halogens is 3. The average molecular weight is 617 g/mol. The number of rotatable bonds is 12. The molecular weight excluding hydrogens is 585 g/mol. The summed E-state index contributed by atoms with van der Waals surface area (Å²) >= 11 is 0. The smallest absolute Gasteiger partial charge is 0.244 e. The first-order chi connectivity index (χ1) is 21.1. The molecule has 0 atom stereocenters. The molecule has 0 amide bonds. The monoisotopic (exact) mass is 616 g/mol. The van der Waals surface area contributed by atoms with E-state index in [2.05, 4.69) is 10.0 Å². The Balaban J connectivity index is 1.30. The first kappa shape index (κ1) is 31.0. The van der Waals surface area contributed by atoms with Crippen molar-refractivity contribution in [2.45, 2.75) is 37.4 Å². The second-order valence-corrected chi connectivity index (χ2v) is 12.3. The van der Waals surface area contributed by atoms with Crippen molar-refractivity contribution >= 4 is 10.0 Å². The molecule has 0 aliphatic rings. The van der Waals surface area contributed by atoms with Gasteiger partial charge in [0.2, 0.25) is 10.0 Å². The summed E-state index contributed by atoms with van der Waals surface area (Å²) in [6.07, 6.45) is 0.499. The molecule has 0 radical (unpaired) electrons. The summed E-state index contributed by atoms with van der Waals surface area (Å²) in [5, 5.41) is 14.4. The van der Waals surface area contributed by atoms with E-state index in [0.29, 0.717) is 36.2 Å². The minimum Gasteiger partial charge on any atom is -0.506 e. The molecule has 5 rings (SSSR count). The minimum absolute atomic E-state index is 0.000542. The van der Waals surface area contributed by atoms with E-state index in [9.17, 15) is 26.7 Å². The number of phenols is 1. The van der Waals surface area contributed by atoms with Gasteiger partial charge in [-0.3, -0.25) is 0 Å². The van der Waals surface area contributed by atoms with Crippen LogP contribution in [0.1, 0.15) is 38.9 Å². The zero-order valence-electron chi connectivity index (χ0n) is 23.7. The van der Waals surface area contributed by atoms with E-state index in [1.165, 1.54) is 42.5 Å². The second-order valence-electron chi connectivity index (χ2n) is 10.6. The van der Waals surface area contributed by atoms with Gasteiger partial charge in [-0.1, -0.05) is 66.7 Å². The maximum Gasteiger partial charge on any atom is 0.244 e. The highest BCUT2D eigenvalue weighted by Crippen LogP contribution is 2.32. The lowest BCUT2D eigenvalue weighted by molar-refractivity contribution is 0.451. The molecule has 9 heteroatoms. The molecule has 5 aromatic rings. The van der Waals surface area contributed by atoms with Crippen LogP contribution in [0.3, 0.4) is 0 Å². The van der Waals surface area contributed by atoms with Crippen LogP contribution < -0.4 is 10.0 Å². The van der Waals surface area contributed by atoms with Gasteiger partial charge in [0.05, 0.1) is 0 Å². The molecule has 0 fully saturated rings. The van der Waals surface area contributed by atoms with Gasteiger partial charge in [-0.25, -0.2) is 26.3 Å². The van der Waals surface area contributed by atoms with Gasteiger partial charge in [0.25, 0.3) is 0 Å². The minimum atomic E-state index is -4.15. The Morgan fingerprint density at radius 2 is 0.932 bits per heavy atom. The van der Waals surface area contributed by atoms with Gasteiger partial charge in [-0.05, 0) is 87.8 Å². The Hall–Kier alpha value is -4.44. The molecule has 226 valence electrons. The number of nitrogens with one attached hydrogen (secondary N) is 2. The summed E-state index contributed by atoms with van der Waals surface area (Å²) in [6.45, 7) is 1.16. The van der Waals surface area contributed by atoms with E-state index in [4.69, 9.17) is 0 Å². The normalized spacial score (nSPS) is 11.5. The Morgan fingerprint density at radius 1 is 0.523 bits per heavy atom. The fourth-order valence-electron chi connectivity index (χ4n) is 4.82. The van der Waals surface area contributed by atoms with Gasteiger partial charge in [0.15, 0.2) is 0 Å². The standard InChI is InChI=1S/C35H31F3N2O3S/c36-31-11-5-24(6-12-31)17-29-19-30(18-25-7-13-32(37)14-8-25)35(41)34(20-29)44(42,43)40-23-28-3-1-26(2-4-28)21-39-22-27-9-15-33(38)16-10-27/h1-16,19-20,39-41H,17-18,21-23H2.